The van der Waals surface area contributed by atoms with Crippen molar-refractivity contribution >= 4 is 23.9 Å². The number of unbranched alkanes of at least 4 members (excludes halogenated alkanes) is 13. The third-order valence-corrected chi connectivity index (χ3v) is 6.15. The van der Waals surface area contributed by atoms with Gasteiger partial charge in [0.2, 0.25) is 0 Å². The number of hydrogen-bond acceptors (Lipinski definition) is 8. The molecule has 0 bridgehead atoms. The summed E-state index contributed by atoms with van der Waals surface area (Å²) in [7, 11) is 0. The molecule has 0 atom stereocenters. The van der Waals surface area contributed by atoms with Gasteiger partial charge in [0.05, 0.1) is 52.1 Å². The summed E-state index contributed by atoms with van der Waals surface area (Å²) >= 11 is 0. The van der Waals surface area contributed by atoms with E-state index < -0.39 is 11.9 Å². The first kappa shape index (κ1) is 35.9. The summed E-state index contributed by atoms with van der Waals surface area (Å²) in [5.74, 6) is -1.63. The monoisotopic (exact) mass is 542 g/mol. The Balaban J connectivity index is 3.49. The third kappa shape index (κ3) is 26.9. The average molecular weight is 543 g/mol. The molecule has 0 amide bonds. The first-order valence-electron chi connectivity index (χ1n) is 15.1. The van der Waals surface area contributed by atoms with E-state index in [-0.39, 0.29) is 50.8 Å². The van der Waals surface area contributed by atoms with Gasteiger partial charge < -0.3 is 18.9 Å². The van der Waals surface area contributed by atoms with Crippen LogP contribution in [0.25, 0.3) is 0 Å². The Morgan fingerprint density at radius 2 is 0.553 bits per heavy atom. The van der Waals surface area contributed by atoms with Crippen LogP contribution >= 0.6 is 0 Å². The fourth-order valence-electron chi connectivity index (χ4n) is 3.76. The van der Waals surface area contributed by atoms with E-state index in [1.54, 1.807) is 0 Å². The number of esters is 4. The van der Waals surface area contributed by atoms with Gasteiger partial charge in [0.15, 0.2) is 0 Å². The van der Waals surface area contributed by atoms with Gasteiger partial charge in [0.25, 0.3) is 0 Å². The molecule has 0 heterocycles. The molecule has 0 aromatic heterocycles. The minimum Gasteiger partial charge on any atom is -0.466 e. The smallest absolute Gasteiger partial charge is 0.306 e. The molecule has 0 aliphatic heterocycles. The maximum Gasteiger partial charge on any atom is 0.306 e. The summed E-state index contributed by atoms with van der Waals surface area (Å²) in [5.41, 5.74) is 0. The van der Waals surface area contributed by atoms with E-state index in [0.29, 0.717) is 26.1 Å². The Labute approximate surface area is 230 Å². The van der Waals surface area contributed by atoms with Gasteiger partial charge in [0, 0.05) is 0 Å². The van der Waals surface area contributed by atoms with Crippen LogP contribution in [-0.2, 0) is 38.1 Å². The molecule has 0 aromatic rings. The van der Waals surface area contributed by atoms with E-state index in [9.17, 15) is 19.2 Å². The molecular weight excluding hydrogens is 488 g/mol. The van der Waals surface area contributed by atoms with Gasteiger partial charge in [-0.25, -0.2) is 0 Å². The van der Waals surface area contributed by atoms with E-state index in [4.69, 9.17) is 18.9 Å². The van der Waals surface area contributed by atoms with Crippen LogP contribution in [0, 0.1) is 0 Å². The van der Waals surface area contributed by atoms with Crippen molar-refractivity contribution in [3.63, 3.8) is 0 Å². The minimum atomic E-state index is -0.440. The molecule has 0 aromatic carbocycles. The Morgan fingerprint density at radius 1 is 0.342 bits per heavy atom. The average Bonchev–Trinajstić information content (AvgIpc) is 2.91. The molecule has 0 aliphatic carbocycles. The van der Waals surface area contributed by atoms with Crippen molar-refractivity contribution in [3.8, 4) is 0 Å². The molecule has 222 valence electrons. The first-order valence-corrected chi connectivity index (χ1v) is 15.1. The SMILES string of the molecule is CCCCCCCCCOC(=O)CCC(=O)OCCCCOC(=O)CCC(=O)OCCCCCCCCC. The summed E-state index contributed by atoms with van der Waals surface area (Å²) < 4.78 is 20.5. The van der Waals surface area contributed by atoms with Crippen LogP contribution in [0.15, 0.2) is 0 Å². The topological polar surface area (TPSA) is 105 Å². The van der Waals surface area contributed by atoms with Crippen LogP contribution in [0.3, 0.4) is 0 Å². The number of carbonyl (C=O) groups excluding carboxylic acids is 4. The van der Waals surface area contributed by atoms with Crippen LogP contribution < -0.4 is 0 Å². The fourth-order valence-corrected chi connectivity index (χ4v) is 3.76. The first-order chi connectivity index (χ1) is 18.5. The zero-order chi connectivity index (χ0) is 28.1. The Bertz CT molecular complexity index is 553. The summed E-state index contributed by atoms with van der Waals surface area (Å²) in [6.07, 6.45) is 17.3. The maximum atomic E-state index is 11.7. The highest BCUT2D eigenvalue weighted by Crippen LogP contribution is 2.08. The molecule has 0 aliphatic rings. The van der Waals surface area contributed by atoms with Crippen molar-refractivity contribution in [2.45, 2.75) is 142 Å². The van der Waals surface area contributed by atoms with E-state index in [2.05, 4.69) is 13.8 Å². The van der Waals surface area contributed by atoms with E-state index in [1.165, 1.54) is 51.4 Å². The minimum absolute atomic E-state index is 0.000104. The molecule has 0 rings (SSSR count). The lowest BCUT2D eigenvalue weighted by Crippen LogP contribution is -2.13. The molecular formula is C30H54O8. The van der Waals surface area contributed by atoms with Gasteiger partial charge in [-0.3, -0.25) is 19.2 Å². The number of hydrogen-bond donors (Lipinski definition) is 0. The van der Waals surface area contributed by atoms with Crippen molar-refractivity contribution < 1.29 is 38.1 Å². The standard InChI is InChI=1S/C30H54O8/c1-3-5-7-9-11-13-15-23-35-27(31)19-21-29(33)37-25-17-18-26-38-30(34)22-20-28(32)36-24-16-14-12-10-8-6-4-2/h3-26H2,1-2H3. The lowest BCUT2D eigenvalue weighted by atomic mass is 10.1. The molecule has 0 saturated heterocycles. The Hall–Kier alpha value is -2.12. The van der Waals surface area contributed by atoms with Crippen molar-refractivity contribution in [1.82, 2.24) is 0 Å². The largest absolute Gasteiger partial charge is 0.466 e. The molecule has 0 radical (unpaired) electrons. The molecule has 0 unspecified atom stereocenters. The van der Waals surface area contributed by atoms with Crippen molar-refractivity contribution in [3.05, 3.63) is 0 Å². The zero-order valence-corrected chi connectivity index (χ0v) is 24.2. The number of rotatable bonds is 27. The predicted molar refractivity (Wildman–Crippen MR) is 148 cm³/mol. The fraction of sp³-hybridized carbons (Fsp3) is 0.867. The van der Waals surface area contributed by atoms with Crippen LogP contribution in [0.2, 0.25) is 0 Å². The highest BCUT2D eigenvalue weighted by atomic mass is 16.5. The van der Waals surface area contributed by atoms with Gasteiger partial charge in [-0.2, -0.15) is 0 Å². The third-order valence-electron chi connectivity index (χ3n) is 6.15. The van der Waals surface area contributed by atoms with Crippen LogP contribution in [0.4, 0.5) is 0 Å². The predicted octanol–water partition coefficient (Wildman–Crippen LogP) is 7.00. The lowest BCUT2D eigenvalue weighted by Gasteiger charge is -2.07. The van der Waals surface area contributed by atoms with Crippen molar-refractivity contribution in [1.29, 1.82) is 0 Å². The van der Waals surface area contributed by atoms with E-state index >= 15 is 0 Å². The summed E-state index contributed by atoms with van der Waals surface area (Å²) in [6.45, 7) is 5.60. The van der Waals surface area contributed by atoms with Crippen molar-refractivity contribution in [2.75, 3.05) is 26.4 Å². The second-order valence-electron chi connectivity index (χ2n) is 9.83. The van der Waals surface area contributed by atoms with Crippen molar-refractivity contribution in [2.24, 2.45) is 0 Å². The van der Waals surface area contributed by atoms with E-state index in [1.807, 2.05) is 0 Å². The molecule has 8 heteroatoms. The van der Waals surface area contributed by atoms with Gasteiger partial charge in [-0.05, 0) is 25.7 Å². The number of carbonyl (C=O) groups is 4. The molecule has 8 nitrogen and oxygen atoms in total. The van der Waals surface area contributed by atoms with Gasteiger partial charge in [-0.1, -0.05) is 90.9 Å². The number of ether oxygens (including phenoxy) is 4. The summed E-state index contributed by atoms with van der Waals surface area (Å²) in [5, 5.41) is 0. The quantitative estimate of drug-likeness (QED) is 0.0620. The highest BCUT2D eigenvalue weighted by molar-refractivity contribution is 5.78. The normalized spacial score (nSPS) is 10.7. The molecule has 0 spiro atoms. The lowest BCUT2D eigenvalue weighted by molar-refractivity contribution is -0.151. The van der Waals surface area contributed by atoms with Crippen LogP contribution in [0.1, 0.15) is 142 Å². The molecule has 0 N–H and O–H groups in total. The Morgan fingerprint density at radius 3 is 0.816 bits per heavy atom. The summed E-state index contributed by atoms with van der Waals surface area (Å²) in [4.78, 5) is 46.9. The summed E-state index contributed by atoms with van der Waals surface area (Å²) in [6, 6.07) is 0. The maximum absolute atomic E-state index is 11.7. The van der Waals surface area contributed by atoms with Gasteiger partial charge >= 0.3 is 23.9 Å². The second-order valence-corrected chi connectivity index (χ2v) is 9.83. The molecule has 38 heavy (non-hydrogen) atoms. The Kier molecular flexibility index (Phi) is 26.3. The van der Waals surface area contributed by atoms with Crippen LogP contribution in [0.5, 0.6) is 0 Å². The van der Waals surface area contributed by atoms with Gasteiger partial charge in [-0.15, -0.1) is 0 Å². The van der Waals surface area contributed by atoms with Gasteiger partial charge in [0.1, 0.15) is 0 Å². The highest BCUT2D eigenvalue weighted by Gasteiger charge is 2.11. The van der Waals surface area contributed by atoms with E-state index in [0.717, 1.165) is 38.5 Å². The second kappa shape index (κ2) is 27.9. The van der Waals surface area contributed by atoms with Crippen LogP contribution in [-0.4, -0.2) is 50.3 Å². The molecule has 0 fully saturated rings. The zero-order valence-electron chi connectivity index (χ0n) is 24.2. The molecule has 0 saturated carbocycles.